The highest BCUT2D eigenvalue weighted by molar-refractivity contribution is 9.10. The van der Waals surface area contributed by atoms with E-state index in [9.17, 15) is 9.18 Å². The molecule has 0 bridgehead atoms. The summed E-state index contributed by atoms with van der Waals surface area (Å²) in [7, 11) is 0. The number of thiocarbonyl (C=S) groups is 1. The molecule has 5 aromatic rings. The highest BCUT2D eigenvalue weighted by Crippen LogP contribution is 2.41. The van der Waals surface area contributed by atoms with Crippen molar-refractivity contribution in [3.05, 3.63) is 119 Å². The zero-order valence-electron chi connectivity index (χ0n) is 21.2. The van der Waals surface area contributed by atoms with E-state index in [1.54, 1.807) is 24.4 Å². The van der Waals surface area contributed by atoms with E-state index >= 15 is 0 Å². The second-order valence-corrected chi connectivity index (χ2v) is 10.8. The summed E-state index contributed by atoms with van der Waals surface area (Å²) in [6.07, 6.45) is 1.92. The van der Waals surface area contributed by atoms with Crippen LogP contribution in [0.15, 0.2) is 106 Å². The number of pyridine rings is 1. The molecule has 1 amide bonds. The first-order chi connectivity index (χ1) is 19.5. The van der Waals surface area contributed by atoms with Crippen LogP contribution >= 0.6 is 28.1 Å². The molecule has 2 N–H and O–H groups in total. The van der Waals surface area contributed by atoms with Crippen LogP contribution in [0.3, 0.4) is 0 Å². The van der Waals surface area contributed by atoms with Crippen LogP contribution in [-0.4, -0.2) is 27.4 Å². The Labute approximate surface area is 244 Å². The first-order valence-corrected chi connectivity index (χ1v) is 14.0. The van der Waals surface area contributed by atoms with Crippen molar-refractivity contribution in [2.75, 3.05) is 11.9 Å². The molecule has 0 unspecified atom stereocenters. The van der Waals surface area contributed by atoms with E-state index in [0.29, 0.717) is 33.2 Å². The molecule has 1 saturated heterocycles. The van der Waals surface area contributed by atoms with Gasteiger partial charge in [-0.3, -0.25) is 9.78 Å². The lowest BCUT2D eigenvalue weighted by Crippen LogP contribution is -2.32. The molecule has 0 spiro atoms. The molecule has 0 aliphatic carbocycles. The van der Waals surface area contributed by atoms with E-state index in [2.05, 4.69) is 31.5 Å². The molecule has 200 valence electrons. The van der Waals surface area contributed by atoms with Gasteiger partial charge in [0.25, 0.3) is 0 Å². The maximum atomic E-state index is 14.7. The van der Waals surface area contributed by atoms with Gasteiger partial charge < -0.3 is 20.0 Å². The fourth-order valence-corrected chi connectivity index (χ4v) is 5.74. The molecule has 2 aromatic heterocycles. The quantitative estimate of drug-likeness (QED) is 0.186. The minimum Gasteiger partial charge on any atom is -0.459 e. The van der Waals surface area contributed by atoms with Crippen molar-refractivity contribution in [1.29, 1.82) is 0 Å². The minimum atomic E-state index is -0.390. The number of fused-ring (bicyclic) bond motifs is 1. The van der Waals surface area contributed by atoms with Gasteiger partial charge in [0.2, 0.25) is 5.91 Å². The fraction of sp³-hybridized carbons (Fsp3) is 0.129. The monoisotopic (exact) mass is 614 g/mol. The largest absolute Gasteiger partial charge is 0.459 e. The first kappa shape index (κ1) is 26.2. The van der Waals surface area contributed by atoms with Crippen LogP contribution < -0.4 is 10.6 Å². The van der Waals surface area contributed by atoms with Crippen LogP contribution in [0, 0.1) is 5.82 Å². The number of benzene rings is 3. The number of nitrogens with zero attached hydrogens (tertiary/aromatic N) is 2. The van der Waals surface area contributed by atoms with Crippen LogP contribution in [0.25, 0.3) is 22.1 Å². The Kier molecular flexibility index (Phi) is 7.32. The van der Waals surface area contributed by atoms with Gasteiger partial charge in [-0.05, 0) is 66.1 Å². The molecule has 1 aliphatic heterocycles. The number of amides is 1. The summed E-state index contributed by atoms with van der Waals surface area (Å²) in [5.74, 6) is 0.482. The Balaban J connectivity index is 1.26. The lowest BCUT2D eigenvalue weighted by Gasteiger charge is -2.26. The number of rotatable bonds is 7. The Bertz CT molecular complexity index is 1710. The summed E-state index contributed by atoms with van der Waals surface area (Å²) in [4.78, 5) is 19.6. The average Bonchev–Trinajstić information content (AvgIpc) is 3.57. The van der Waals surface area contributed by atoms with Gasteiger partial charge in [0.05, 0.1) is 17.3 Å². The molecule has 0 radical (unpaired) electrons. The summed E-state index contributed by atoms with van der Waals surface area (Å²) in [6, 6.07) is 27.2. The van der Waals surface area contributed by atoms with E-state index in [4.69, 9.17) is 16.6 Å². The smallest absolute Gasteiger partial charge is 0.226 e. The van der Waals surface area contributed by atoms with Crippen LogP contribution in [0.2, 0.25) is 0 Å². The third-order valence-corrected chi connectivity index (χ3v) is 7.80. The van der Waals surface area contributed by atoms with Crippen molar-refractivity contribution in [3.63, 3.8) is 0 Å². The highest BCUT2D eigenvalue weighted by atomic mass is 79.9. The van der Waals surface area contributed by atoms with Gasteiger partial charge in [-0.15, -0.1) is 0 Å². The zero-order valence-corrected chi connectivity index (χ0v) is 23.6. The molecule has 40 heavy (non-hydrogen) atoms. The fourth-order valence-electron chi connectivity index (χ4n) is 5.07. The van der Waals surface area contributed by atoms with Gasteiger partial charge in [-0.1, -0.05) is 58.4 Å². The number of aromatic nitrogens is 1. The van der Waals surface area contributed by atoms with Crippen molar-refractivity contribution in [1.82, 2.24) is 15.2 Å². The number of nitrogens with one attached hydrogen (secondary N) is 2. The maximum absolute atomic E-state index is 14.7. The van der Waals surface area contributed by atoms with Crippen LogP contribution in [0.4, 0.5) is 10.1 Å². The number of hydrogen-bond donors (Lipinski definition) is 2. The van der Waals surface area contributed by atoms with Gasteiger partial charge in [-0.2, -0.15) is 0 Å². The Hall–Kier alpha value is -4.08. The van der Waals surface area contributed by atoms with E-state index in [1.807, 2.05) is 71.6 Å². The standard InChI is InChI=1S/C31H24BrFN4O2S/c32-20-11-12-22(23(33)18-20)26-13-14-27(39-26)30-29(25-9-3-4-16-34-25)36-31(40)37(30)17-15-28(38)35-24-10-5-7-19-6-1-2-8-21(19)24/h1-14,16,18,29-30H,15,17H2,(H,35,38)(H,36,40)/t29-,30-/m1/s1. The van der Waals surface area contributed by atoms with Gasteiger partial charge in [0.15, 0.2) is 5.11 Å². The molecule has 2 atom stereocenters. The van der Waals surface area contributed by atoms with Crippen molar-refractivity contribution >= 4 is 55.6 Å². The SMILES string of the molecule is O=C(CCN1C(=S)N[C@H](c2ccccn2)[C@H]1c1ccc(-c2ccc(Br)cc2F)o1)Nc1cccc2ccccc12. The molecule has 3 aromatic carbocycles. The number of hydrogen-bond acceptors (Lipinski definition) is 4. The highest BCUT2D eigenvalue weighted by Gasteiger charge is 2.41. The third-order valence-electron chi connectivity index (χ3n) is 6.96. The number of anilines is 1. The lowest BCUT2D eigenvalue weighted by molar-refractivity contribution is -0.116. The molecular weight excluding hydrogens is 591 g/mol. The second kappa shape index (κ2) is 11.2. The third kappa shape index (κ3) is 5.22. The molecule has 6 nitrogen and oxygen atoms in total. The first-order valence-electron chi connectivity index (χ1n) is 12.8. The number of carbonyl (C=O) groups excluding carboxylic acids is 1. The van der Waals surface area contributed by atoms with E-state index in [1.165, 1.54) is 6.07 Å². The zero-order chi connectivity index (χ0) is 27.6. The Morgan fingerprint density at radius 2 is 1.88 bits per heavy atom. The maximum Gasteiger partial charge on any atom is 0.226 e. The van der Waals surface area contributed by atoms with Crippen molar-refractivity contribution in [3.8, 4) is 11.3 Å². The summed E-state index contributed by atoms with van der Waals surface area (Å²) in [5, 5.41) is 8.93. The number of furan rings is 1. The summed E-state index contributed by atoms with van der Waals surface area (Å²) < 4.78 is 21.6. The summed E-state index contributed by atoms with van der Waals surface area (Å²) in [5.41, 5.74) is 1.91. The van der Waals surface area contributed by atoms with E-state index in [0.717, 1.165) is 22.2 Å². The summed E-state index contributed by atoms with van der Waals surface area (Å²) >= 11 is 9.02. The number of carbonyl (C=O) groups is 1. The predicted octanol–water partition coefficient (Wildman–Crippen LogP) is 7.40. The normalized spacial score (nSPS) is 16.8. The van der Waals surface area contributed by atoms with Crippen molar-refractivity contribution in [2.45, 2.75) is 18.5 Å². The van der Waals surface area contributed by atoms with Crippen LogP contribution in [-0.2, 0) is 4.79 Å². The van der Waals surface area contributed by atoms with Gasteiger partial charge in [0.1, 0.15) is 23.4 Å². The van der Waals surface area contributed by atoms with Crippen LogP contribution in [0.1, 0.15) is 30.0 Å². The Morgan fingerprint density at radius 3 is 2.70 bits per heavy atom. The molecule has 0 saturated carbocycles. The second-order valence-electron chi connectivity index (χ2n) is 9.47. The van der Waals surface area contributed by atoms with Crippen LogP contribution in [0.5, 0.6) is 0 Å². The molecule has 1 aliphatic rings. The molecule has 9 heteroatoms. The van der Waals surface area contributed by atoms with Crippen molar-refractivity contribution < 1.29 is 13.6 Å². The predicted molar refractivity (Wildman–Crippen MR) is 161 cm³/mol. The Morgan fingerprint density at radius 1 is 1.05 bits per heavy atom. The molecule has 1 fully saturated rings. The molecule has 3 heterocycles. The topological polar surface area (TPSA) is 70.4 Å². The van der Waals surface area contributed by atoms with E-state index in [-0.39, 0.29) is 24.4 Å². The molecular formula is C31H24BrFN4O2S. The summed E-state index contributed by atoms with van der Waals surface area (Å²) in [6.45, 7) is 0.346. The average molecular weight is 616 g/mol. The van der Waals surface area contributed by atoms with Gasteiger partial charge in [0, 0.05) is 34.7 Å². The van der Waals surface area contributed by atoms with Gasteiger partial charge in [-0.25, -0.2) is 4.39 Å². The number of halogens is 2. The van der Waals surface area contributed by atoms with Gasteiger partial charge >= 0.3 is 0 Å². The lowest BCUT2D eigenvalue weighted by atomic mass is 10.0. The minimum absolute atomic E-state index is 0.128. The molecule has 6 rings (SSSR count). The van der Waals surface area contributed by atoms with Crippen molar-refractivity contribution in [2.24, 2.45) is 0 Å². The van der Waals surface area contributed by atoms with E-state index < -0.39 is 5.82 Å².